The van der Waals surface area contributed by atoms with Gasteiger partial charge in [-0.2, -0.15) is 5.26 Å². The molecule has 0 saturated heterocycles. The van der Waals surface area contributed by atoms with Crippen molar-refractivity contribution in [1.82, 2.24) is 10.3 Å². The maximum absolute atomic E-state index is 13.3. The molecule has 3 rings (SSSR count). The molecule has 1 aromatic rings. The topological polar surface area (TPSA) is 133 Å². The van der Waals surface area contributed by atoms with Gasteiger partial charge in [0.15, 0.2) is 0 Å². The van der Waals surface area contributed by atoms with E-state index in [9.17, 15) is 25.1 Å². The summed E-state index contributed by atoms with van der Waals surface area (Å²) < 4.78 is 6.01. The molecule has 1 saturated carbocycles. The number of allylic oxidation sites excluding steroid dienone is 2. The average Bonchev–Trinajstić information content (AvgIpc) is 3.46. The van der Waals surface area contributed by atoms with Gasteiger partial charge >= 0.3 is 5.97 Å². The minimum absolute atomic E-state index is 0.0430. The van der Waals surface area contributed by atoms with Crippen LogP contribution in [0.4, 0.5) is 0 Å². The molecule has 0 spiro atoms. The standard InChI is InChI=1S/C35H51N3O5/c1-23-18-24(2)20-26(4)34(41)27(22-36)10-5-6-14-32(43-33(40)21-31(39)25(3)19-23)29-12-9-13-30(29)35(42)38-17-15-28-11-7-8-16-37-28/h5-8,10-11,16,23-26,29-32,34,39,41H,9,12-15,17-21H2,1-4H3,(H,38,42)/b6-5+,27-10-/t23-,24+,25-,26-,29+,30+,31-,32-,34+/m0/s1. The van der Waals surface area contributed by atoms with Gasteiger partial charge in [-0.15, -0.1) is 0 Å². The minimum atomic E-state index is -0.866. The predicted octanol–water partition coefficient (Wildman–Crippen LogP) is 5.30. The first kappa shape index (κ1) is 34.5. The van der Waals surface area contributed by atoms with E-state index in [0.717, 1.165) is 44.2 Å². The van der Waals surface area contributed by atoms with Crippen molar-refractivity contribution >= 4 is 11.9 Å². The number of rotatable bonds is 5. The fourth-order valence-corrected chi connectivity index (χ4v) is 6.98. The zero-order valence-corrected chi connectivity index (χ0v) is 26.3. The zero-order valence-electron chi connectivity index (χ0n) is 26.3. The predicted molar refractivity (Wildman–Crippen MR) is 166 cm³/mol. The second kappa shape index (κ2) is 17.3. The molecule has 2 heterocycles. The number of carbonyl (C=O) groups excluding carboxylic acids is 2. The fraction of sp³-hybridized carbons (Fsp3) is 0.657. The first-order valence-corrected chi connectivity index (χ1v) is 16.1. The number of nitrogens with zero attached hydrogens (tertiary/aromatic N) is 2. The molecule has 1 aliphatic heterocycles. The van der Waals surface area contributed by atoms with Crippen LogP contribution in [-0.2, 0) is 20.7 Å². The number of nitrogens with one attached hydrogen (secondary N) is 1. The largest absolute Gasteiger partial charge is 0.462 e. The van der Waals surface area contributed by atoms with Crippen LogP contribution in [0, 0.1) is 46.8 Å². The summed E-state index contributed by atoms with van der Waals surface area (Å²) >= 11 is 0. The molecule has 8 heteroatoms. The van der Waals surface area contributed by atoms with Gasteiger partial charge in [0.05, 0.1) is 30.3 Å². The van der Waals surface area contributed by atoms with Crippen molar-refractivity contribution in [2.45, 2.75) is 104 Å². The van der Waals surface area contributed by atoms with Gasteiger partial charge in [-0.25, -0.2) is 0 Å². The number of nitriles is 1. The summed E-state index contributed by atoms with van der Waals surface area (Å²) in [6.45, 7) is 8.73. The summed E-state index contributed by atoms with van der Waals surface area (Å²) in [6.07, 6.45) is 10.5. The van der Waals surface area contributed by atoms with Crippen molar-refractivity contribution in [1.29, 1.82) is 5.26 Å². The summed E-state index contributed by atoms with van der Waals surface area (Å²) in [5.74, 6) is -0.425. The molecular formula is C35H51N3O5. The van der Waals surface area contributed by atoms with E-state index >= 15 is 0 Å². The number of aliphatic hydroxyl groups is 2. The van der Waals surface area contributed by atoms with E-state index in [1.807, 2.05) is 38.1 Å². The molecule has 1 amide bonds. The van der Waals surface area contributed by atoms with Crippen LogP contribution in [0.3, 0.4) is 0 Å². The lowest BCUT2D eigenvalue weighted by molar-refractivity contribution is -0.156. The smallest absolute Gasteiger partial charge is 0.308 e. The number of aromatic nitrogens is 1. The lowest BCUT2D eigenvalue weighted by Crippen LogP contribution is -2.39. The quantitative estimate of drug-likeness (QED) is 0.395. The maximum atomic E-state index is 13.3. The highest BCUT2D eigenvalue weighted by atomic mass is 16.5. The number of hydrogen-bond donors (Lipinski definition) is 3. The highest BCUT2D eigenvalue weighted by molar-refractivity contribution is 5.79. The van der Waals surface area contributed by atoms with Crippen LogP contribution in [0.5, 0.6) is 0 Å². The van der Waals surface area contributed by atoms with Crippen LogP contribution in [0.1, 0.15) is 84.8 Å². The molecular weight excluding hydrogens is 542 g/mol. The van der Waals surface area contributed by atoms with Gasteiger partial charge in [-0.3, -0.25) is 14.6 Å². The van der Waals surface area contributed by atoms with E-state index in [1.165, 1.54) is 0 Å². The van der Waals surface area contributed by atoms with Crippen LogP contribution in [-0.4, -0.2) is 51.9 Å². The third kappa shape index (κ3) is 10.9. The van der Waals surface area contributed by atoms with E-state index in [4.69, 9.17) is 4.74 Å². The summed E-state index contributed by atoms with van der Waals surface area (Å²) in [5.41, 5.74) is 1.22. The van der Waals surface area contributed by atoms with Crippen LogP contribution in [0.15, 0.2) is 48.2 Å². The number of ether oxygens (including phenoxy) is 1. The highest BCUT2D eigenvalue weighted by Crippen LogP contribution is 2.37. The Kier molecular flexibility index (Phi) is 13.9. The summed E-state index contributed by atoms with van der Waals surface area (Å²) in [7, 11) is 0. The fourth-order valence-electron chi connectivity index (χ4n) is 6.98. The molecule has 9 atom stereocenters. The van der Waals surface area contributed by atoms with E-state index in [1.54, 1.807) is 18.3 Å². The number of cyclic esters (lactones) is 1. The molecule has 0 bridgehead atoms. The zero-order chi connectivity index (χ0) is 31.4. The van der Waals surface area contributed by atoms with Crippen LogP contribution >= 0.6 is 0 Å². The second-order valence-corrected chi connectivity index (χ2v) is 13.1. The number of aliphatic hydroxyl groups excluding tert-OH is 2. The molecule has 1 fully saturated rings. The molecule has 43 heavy (non-hydrogen) atoms. The van der Waals surface area contributed by atoms with Gasteiger partial charge in [-0.05, 0) is 74.0 Å². The Bertz CT molecular complexity index is 1130. The number of amides is 1. The molecule has 0 aromatic carbocycles. The summed E-state index contributed by atoms with van der Waals surface area (Å²) in [5, 5.41) is 34.6. The lowest BCUT2D eigenvalue weighted by atomic mass is 9.82. The number of esters is 1. The van der Waals surface area contributed by atoms with Crippen molar-refractivity contribution in [2.75, 3.05) is 6.54 Å². The van der Waals surface area contributed by atoms with Crippen molar-refractivity contribution < 1.29 is 24.5 Å². The van der Waals surface area contributed by atoms with Gasteiger partial charge in [-0.1, -0.05) is 52.3 Å². The van der Waals surface area contributed by atoms with Gasteiger partial charge in [0.25, 0.3) is 0 Å². The van der Waals surface area contributed by atoms with E-state index in [-0.39, 0.29) is 36.0 Å². The normalized spacial score (nSPS) is 35.3. The Balaban J connectivity index is 1.77. The Hall–Kier alpha value is -3.02. The van der Waals surface area contributed by atoms with Crippen molar-refractivity contribution in [3.63, 3.8) is 0 Å². The molecule has 236 valence electrons. The van der Waals surface area contributed by atoms with Crippen LogP contribution in [0.2, 0.25) is 0 Å². The Morgan fingerprint density at radius 3 is 2.53 bits per heavy atom. The van der Waals surface area contributed by atoms with Gasteiger partial charge < -0.3 is 20.3 Å². The Labute approximate surface area is 257 Å². The third-order valence-electron chi connectivity index (χ3n) is 9.23. The highest BCUT2D eigenvalue weighted by Gasteiger charge is 2.39. The van der Waals surface area contributed by atoms with Crippen LogP contribution < -0.4 is 5.32 Å². The molecule has 0 unspecified atom stereocenters. The second-order valence-electron chi connectivity index (χ2n) is 13.1. The van der Waals surface area contributed by atoms with Crippen LogP contribution in [0.25, 0.3) is 0 Å². The van der Waals surface area contributed by atoms with E-state index < -0.39 is 24.3 Å². The Morgan fingerprint density at radius 2 is 1.84 bits per heavy atom. The minimum Gasteiger partial charge on any atom is -0.462 e. The first-order chi connectivity index (χ1) is 20.6. The van der Waals surface area contributed by atoms with Crippen molar-refractivity contribution in [2.24, 2.45) is 35.5 Å². The molecule has 3 N–H and O–H groups in total. The molecule has 2 aliphatic rings. The number of carbonyl (C=O) groups is 2. The van der Waals surface area contributed by atoms with E-state index in [0.29, 0.717) is 36.8 Å². The number of pyridine rings is 1. The van der Waals surface area contributed by atoms with E-state index in [2.05, 4.69) is 30.2 Å². The summed E-state index contributed by atoms with van der Waals surface area (Å²) in [6, 6.07) is 7.87. The van der Waals surface area contributed by atoms with Gasteiger partial charge in [0.2, 0.25) is 5.91 Å². The molecule has 1 aliphatic carbocycles. The summed E-state index contributed by atoms with van der Waals surface area (Å²) in [4.78, 5) is 30.7. The first-order valence-electron chi connectivity index (χ1n) is 16.1. The monoisotopic (exact) mass is 593 g/mol. The molecule has 1 aromatic heterocycles. The van der Waals surface area contributed by atoms with Gasteiger partial charge in [0, 0.05) is 43.1 Å². The average molecular weight is 594 g/mol. The van der Waals surface area contributed by atoms with Crippen molar-refractivity contribution in [3.05, 3.63) is 53.9 Å². The Morgan fingerprint density at radius 1 is 1.09 bits per heavy atom. The van der Waals surface area contributed by atoms with Crippen molar-refractivity contribution in [3.8, 4) is 6.07 Å². The van der Waals surface area contributed by atoms with Gasteiger partial charge in [0.1, 0.15) is 6.10 Å². The maximum Gasteiger partial charge on any atom is 0.308 e. The third-order valence-corrected chi connectivity index (χ3v) is 9.23. The number of hydrogen-bond acceptors (Lipinski definition) is 7. The lowest BCUT2D eigenvalue weighted by Gasteiger charge is -2.29. The SMILES string of the molecule is C[C@@H]1C[C@H](C)C[C@H](C)[C@@H](O)CC(=O)O[C@H]([C@@H]2CCC[C@H]2C(=O)NCCc2ccccn2)C/C=C/C=C(/C#N)[C@H](O)[C@@H](C)C1. The molecule has 8 nitrogen and oxygen atoms in total. The molecule has 0 radical (unpaired) electrons.